The molecule has 26 heavy (non-hydrogen) atoms. The van der Waals surface area contributed by atoms with E-state index in [0.717, 1.165) is 0 Å². The Hall–Kier alpha value is -3.68. The average molecular weight is 353 g/mol. The summed E-state index contributed by atoms with van der Waals surface area (Å²) in [6.45, 7) is 0. The molecule has 3 aromatic rings. The largest absolute Gasteiger partial charge is 0.495 e. The van der Waals surface area contributed by atoms with Gasteiger partial charge in [-0.15, -0.1) is 0 Å². The number of aromatic nitrogens is 1. The van der Waals surface area contributed by atoms with Gasteiger partial charge in [-0.2, -0.15) is 0 Å². The van der Waals surface area contributed by atoms with Crippen molar-refractivity contribution in [3.63, 3.8) is 0 Å². The predicted octanol–water partition coefficient (Wildman–Crippen LogP) is 3.68. The maximum absolute atomic E-state index is 11.9. The summed E-state index contributed by atoms with van der Waals surface area (Å²) >= 11 is 0. The van der Waals surface area contributed by atoms with Gasteiger partial charge in [-0.05, 0) is 6.07 Å². The number of esters is 1. The van der Waals surface area contributed by atoms with Crippen LogP contribution in [0.1, 0.15) is 10.4 Å². The van der Waals surface area contributed by atoms with Crippen molar-refractivity contribution in [1.82, 2.24) is 4.98 Å². The second-order valence-electron chi connectivity index (χ2n) is 5.32. The topological polar surface area (TPSA) is 104 Å². The van der Waals surface area contributed by atoms with E-state index in [1.165, 1.54) is 38.6 Å². The molecule has 0 aliphatic rings. The van der Waals surface area contributed by atoms with Crippen LogP contribution in [0, 0.1) is 10.1 Å². The van der Waals surface area contributed by atoms with Crippen molar-refractivity contribution in [3.8, 4) is 5.75 Å². The molecule has 0 unspecified atom stereocenters. The summed E-state index contributed by atoms with van der Waals surface area (Å²) in [6, 6.07) is 11.4. The number of methoxy groups -OCH3 is 2. The Kier molecular flexibility index (Phi) is 4.66. The van der Waals surface area contributed by atoms with E-state index in [4.69, 9.17) is 9.47 Å². The van der Waals surface area contributed by atoms with Gasteiger partial charge < -0.3 is 14.8 Å². The summed E-state index contributed by atoms with van der Waals surface area (Å²) in [4.78, 5) is 26.8. The van der Waals surface area contributed by atoms with Crippen LogP contribution in [0.15, 0.2) is 48.7 Å². The molecule has 0 atom stereocenters. The average Bonchev–Trinajstić information content (AvgIpc) is 2.67. The van der Waals surface area contributed by atoms with Crippen LogP contribution in [0.3, 0.4) is 0 Å². The van der Waals surface area contributed by atoms with Crippen molar-refractivity contribution in [1.29, 1.82) is 0 Å². The number of nitro benzene ring substituents is 1. The minimum atomic E-state index is -0.492. The van der Waals surface area contributed by atoms with Crippen molar-refractivity contribution in [2.45, 2.75) is 0 Å². The summed E-state index contributed by atoms with van der Waals surface area (Å²) in [5, 5.41) is 15.4. The highest BCUT2D eigenvalue weighted by Gasteiger charge is 2.16. The number of hydrogen-bond acceptors (Lipinski definition) is 7. The summed E-state index contributed by atoms with van der Waals surface area (Å²) < 4.78 is 10.0. The lowest BCUT2D eigenvalue weighted by atomic mass is 10.1. The summed E-state index contributed by atoms with van der Waals surface area (Å²) in [5.74, 6) is 0.374. The Balaban J connectivity index is 2.12. The minimum absolute atomic E-state index is 0.0798. The molecule has 0 aliphatic carbocycles. The third-order valence-electron chi connectivity index (χ3n) is 3.85. The highest BCUT2D eigenvalue weighted by Crippen LogP contribution is 2.33. The quantitative estimate of drug-likeness (QED) is 0.424. The lowest BCUT2D eigenvalue weighted by Gasteiger charge is -2.13. The molecule has 0 spiro atoms. The van der Waals surface area contributed by atoms with E-state index in [2.05, 4.69) is 10.3 Å². The van der Waals surface area contributed by atoms with Crippen LogP contribution in [0.2, 0.25) is 0 Å². The van der Waals surface area contributed by atoms with Crippen LogP contribution in [-0.2, 0) is 4.74 Å². The molecule has 132 valence electrons. The van der Waals surface area contributed by atoms with Crippen molar-refractivity contribution < 1.29 is 19.2 Å². The lowest BCUT2D eigenvalue weighted by molar-refractivity contribution is -0.384. The van der Waals surface area contributed by atoms with Crippen LogP contribution in [0.25, 0.3) is 10.8 Å². The number of non-ortho nitro benzene ring substituents is 1. The molecule has 0 aliphatic heterocycles. The number of anilines is 2. The fraction of sp³-hybridized carbons (Fsp3) is 0.111. The maximum Gasteiger partial charge on any atom is 0.340 e. The zero-order valence-corrected chi connectivity index (χ0v) is 14.1. The normalized spacial score (nSPS) is 10.4. The number of ether oxygens (including phenoxy) is 2. The standard InChI is InChI=1S/C18H15N3O5/c1-25-16-8-7-11(21(23)24)9-15(16)20-17-13-6-4-3-5-12(13)14(10-19-17)18(22)26-2/h3-10H,1-2H3,(H,19,20). The van der Waals surface area contributed by atoms with E-state index < -0.39 is 10.9 Å². The number of nitrogens with one attached hydrogen (secondary N) is 1. The monoisotopic (exact) mass is 353 g/mol. The highest BCUT2D eigenvalue weighted by molar-refractivity contribution is 6.07. The first-order valence-corrected chi connectivity index (χ1v) is 7.60. The first-order valence-electron chi connectivity index (χ1n) is 7.60. The zero-order chi connectivity index (χ0) is 18.7. The molecule has 8 nitrogen and oxygen atoms in total. The fourth-order valence-electron chi connectivity index (χ4n) is 2.60. The molecule has 3 rings (SSSR count). The number of benzene rings is 2. The molecule has 0 saturated carbocycles. The number of carbonyl (C=O) groups is 1. The highest BCUT2D eigenvalue weighted by atomic mass is 16.6. The van der Waals surface area contributed by atoms with E-state index in [-0.39, 0.29) is 5.69 Å². The predicted molar refractivity (Wildman–Crippen MR) is 96.0 cm³/mol. The third-order valence-corrected chi connectivity index (χ3v) is 3.85. The Morgan fingerprint density at radius 1 is 1.15 bits per heavy atom. The molecular formula is C18H15N3O5. The number of hydrogen-bond donors (Lipinski definition) is 1. The number of nitrogens with zero attached hydrogens (tertiary/aromatic N) is 2. The van der Waals surface area contributed by atoms with Gasteiger partial charge in [-0.1, -0.05) is 24.3 Å². The molecule has 0 amide bonds. The summed E-state index contributed by atoms with van der Waals surface area (Å²) in [6.07, 6.45) is 1.40. The first kappa shape index (κ1) is 17.2. The Labute approximate surface area is 148 Å². The van der Waals surface area contributed by atoms with Gasteiger partial charge in [-0.25, -0.2) is 9.78 Å². The minimum Gasteiger partial charge on any atom is -0.495 e. The van der Waals surface area contributed by atoms with Gasteiger partial charge in [0.25, 0.3) is 5.69 Å². The number of nitro groups is 1. The van der Waals surface area contributed by atoms with Gasteiger partial charge in [0.15, 0.2) is 0 Å². The molecule has 0 saturated heterocycles. The van der Waals surface area contributed by atoms with E-state index in [1.54, 1.807) is 24.3 Å². The van der Waals surface area contributed by atoms with Crippen LogP contribution in [0.5, 0.6) is 5.75 Å². The summed E-state index contributed by atoms with van der Waals surface area (Å²) in [7, 11) is 2.77. The van der Waals surface area contributed by atoms with Crippen LogP contribution >= 0.6 is 0 Å². The van der Waals surface area contributed by atoms with E-state index in [1.807, 2.05) is 0 Å². The Bertz CT molecular complexity index is 1000. The number of rotatable bonds is 5. The Morgan fingerprint density at radius 3 is 2.54 bits per heavy atom. The van der Waals surface area contributed by atoms with Gasteiger partial charge in [-0.3, -0.25) is 10.1 Å². The van der Waals surface area contributed by atoms with Crippen molar-refractivity contribution >= 4 is 33.9 Å². The molecule has 0 fully saturated rings. The second kappa shape index (κ2) is 7.06. The molecule has 0 bridgehead atoms. The van der Waals surface area contributed by atoms with E-state index >= 15 is 0 Å². The third kappa shape index (κ3) is 3.12. The SMILES string of the molecule is COC(=O)c1cnc(Nc2cc([N+](=O)[O-])ccc2OC)c2ccccc12. The smallest absolute Gasteiger partial charge is 0.340 e. The Morgan fingerprint density at radius 2 is 1.88 bits per heavy atom. The van der Waals surface area contributed by atoms with Gasteiger partial charge in [0.05, 0.1) is 30.4 Å². The van der Waals surface area contributed by atoms with Crippen molar-refractivity contribution in [3.05, 3.63) is 64.3 Å². The van der Waals surface area contributed by atoms with Gasteiger partial charge >= 0.3 is 5.97 Å². The number of pyridine rings is 1. The van der Waals surface area contributed by atoms with Gasteiger partial charge in [0.1, 0.15) is 11.6 Å². The van der Waals surface area contributed by atoms with E-state index in [9.17, 15) is 14.9 Å². The molecule has 1 N–H and O–H groups in total. The molecule has 0 radical (unpaired) electrons. The van der Waals surface area contributed by atoms with Crippen LogP contribution < -0.4 is 10.1 Å². The van der Waals surface area contributed by atoms with Crippen molar-refractivity contribution in [2.75, 3.05) is 19.5 Å². The first-order chi connectivity index (χ1) is 12.5. The van der Waals surface area contributed by atoms with Crippen LogP contribution in [-0.4, -0.2) is 30.1 Å². The van der Waals surface area contributed by atoms with Crippen LogP contribution in [0.4, 0.5) is 17.2 Å². The van der Waals surface area contributed by atoms with Gasteiger partial charge in [0.2, 0.25) is 0 Å². The van der Waals surface area contributed by atoms with Crippen molar-refractivity contribution in [2.24, 2.45) is 0 Å². The molecular weight excluding hydrogens is 338 g/mol. The number of carbonyl (C=O) groups excluding carboxylic acids is 1. The molecule has 8 heteroatoms. The molecule has 1 aromatic heterocycles. The number of fused-ring (bicyclic) bond motifs is 1. The maximum atomic E-state index is 11.9. The second-order valence-corrected chi connectivity index (χ2v) is 5.32. The fourth-order valence-corrected chi connectivity index (χ4v) is 2.60. The van der Waals surface area contributed by atoms with E-state index in [0.29, 0.717) is 33.6 Å². The summed E-state index contributed by atoms with van der Waals surface area (Å²) in [5.41, 5.74) is 0.647. The lowest BCUT2D eigenvalue weighted by Crippen LogP contribution is -2.05. The van der Waals surface area contributed by atoms with Gasteiger partial charge in [0, 0.05) is 29.1 Å². The molecule has 2 aromatic carbocycles. The molecule has 1 heterocycles. The zero-order valence-electron chi connectivity index (χ0n) is 14.1.